The zero-order valence-electron chi connectivity index (χ0n) is 21.4. The highest BCUT2D eigenvalue weighted by molar-refractivity contribution is 5.85. The lowest BCUT2D eigenvalue weighted by molar-refractivity contribution is -0.191. The number of alkyl halides is 4. The molecule has 3 heterocycles. The Morgan fingerprint density at radius 3 is 2.46 bits per heavy atom. The van der Waals surface area contributed by atoms with Crippen LogP contribution in [-0.4, -0.2) is 77.7 Å². The summed E-state index contributed by atoms with van der Waals surface area (Å²) in [6, 6.07) is 7.77. The Bertz CT molecular complexity index is 1280. The first-order valence-corrected chi connectivity index (χ1v) is 13.1. The predicted molar refractivity (Wildman–Crippen MR) is 134 cm³/mol. The topological polar surface area (TPSA) is 51.7 Å². The van der Waals surface area contributed by atoms with Crippen molar-refractivity contribution in [1.82, 2.24) is 14.8 Å². The summed E-state index contributed by atoms with van der Waals surface area (Å²) in [5.41, 5.74) is 1.58. The molecular weight excluding hydrogens is 524 g/mol. The van der Waals surface area contributed by atoms with Gasteiger partial charge < -0.3 is 14.8 Å². The van der Waals surface area contributed by atoms with Gasteiger partial charge in [-0.1, -0.05) is 18.2 Å². The van der Waals surface area contributed by atoms with Crippen molar-refractivity contribution in [3.63, 3.8) is 0 Å². The van der Waals surface area contributed by atoms with Gasteiger partial charge in [0.15, 0.2) is 0 Å². The molecule has 3 aromatic rings. The molecule has 0 bridgehead atoms. The molecule has 1 unspecified atom stereocenters. The Morgan fingerprint density at radius 1 is 1.13 bits per heavy atom. The van der Waals surface area contributed by atoms with E-state index in [4.69, 9.17) is 4.74 Å². The van der Waals surface area contributed by atoms with E-state index in [9.17, 15) is 22.7 Å². The van der Waals surface area contributed by atoms with Crippen molar-refractivity contribution in [1.29, 1.82) is 0 Å². The number of benzene rings is 2. The van der Waals surface area contributed by atoms with Crippen molar-refractivity contribution in [2.75, 3.05) is 39.5 Å². The molecule has 5 nitrogen and oxygen atoms in total. The van der Waals surface area contributed by atoms with Crippen molar-refractivity contribution in [3.05, 3.63) is 64.9 Å². The number of hydrogen-bond donors (Lipinski definition) is 2. The van der Waals surface area contributed by atoms with E-state index in [1.54, 1.807) is 13.0 Å². The van der Waals surface area contributed by atoms with Crippen LogP contribution in [0.1, 0.15) is 36.2 Å². The van der Waals surface area contributed by atoms with Gasteiger partial charge in [0.1, 0.15) is 23.5 Å². The molecule has 39 heavy (non-hydrogen) atoms. The van der Waals surface area contributed by atoms with E-state index < -0.39 is 55.6 Å². The summed E-state index contributed by atoms with van der Waals surface area (Å²) in [6.07, 6.45) is -4.20. The van der Waals surface area contributed by atoms with Crippen LogP contribution in [0, 0.1) is 17.6 Å². The summed E-state index contributed by atoms with van der Waals surface area (Å²) in [5.74, 6) is -3.96. The molecule has 0 aliphatic carbocycles. The third-order valence-electron chi connectivity index (χ3n) is 7.79. The van der Waals surface area contributed by atoms with Gasteiger partial charge in [0, 0.05) is 66.5 Å². The molecule has 0 saturated carbocycles. The molecule has 2 aliphatic rings. The van der Waals surface area contributed by atoms with E-state index in [0.717, 1.165) is 28.6 Å². The molecule has 2 aromatic carbocycles. The molecule has 2 N–H and O–H groups in total. The Kier molecular flexibility index (Phi) is 7.85. The number of likely N-dealkylation sites (tertiary alicyclic amines) is 1. The third kappa shape index (κ3) is 5.49. The van der Waals surface area contributed by atoms with Crippen LogP contribution in [-0.2, 0) is 6.42 Å². The molecule has 1 saturated heterocycles. The quantitative estimate of drug-likeness (QED) is 0.349. The number of fused-ring (bicyclic) bond motifs is 3. The average molecular weight is 556 g/mol. The molecule has 5 rings (SSSR count). The molecule has 0 amide bonds. The number of aliphatic hydroxyl groups is 1. The van der Waals surface area contributed by atoms with Crippen molar-refractivity contribution in [3.8, 4) is 5.75 Å². The number of H-pyrrole nitrogens is 1. The van der Waals surface area contributed by atoms with Crippen LogP contribution in [0.2, 0.25) is 0 Å². The largest absolute Gasteiger partial charge is 0.488 e. The number of hydrogen-bond acceptors (Lipinski definition) is 4. The van der Waals surface area contributed by atoms with E-state index >= 15 is 8.78 Å². The van der Waals surface area contributed by atoms with Crippen molar-refractivity contribution in [2.45, 2.75) is 44.1 Å². The fourth-order valence-electron chi connectivity index (χ4n) is 5.77. The van der Waals surface area contributed by atoms with Crippen LogP contribution < -0.4 is 4.74 Å². The summed E-state index contributed by atoms with van der Waals surface area (Å²) < 4.78 is 90.6. The Hall–Kier alpha value is -2.76. The summed E-state index contributed by atoms with van der Waals surface area (Å²) >= 11 is 0. The maximum atomic E-state index is 15.7. The molecule has 3 atom stereocenters. The van der Waals surface area contributed by atoms with Gasteiger partial charge in [0.25, 0.3) is 0 Å². The van der Waals surface area contributed by atoms with E-state index in [2.05, 4.69) is 4.98 Å². The Balaban J connectivity index is 1.51. The number of para-hydroxylation sites is 1. The van der Waals surface area contributed by atoms with Crippen molar-refractivity contribution >= 4 is 10.9 Å². The zero-order valence-corrected chi connectivity index (χ0v) is 21.4. The number of aromatic amines is 1. The maximum absolute atomic E-state index is 15.7. The first kappa shape index (κ1) is 27.8. The smallest absolute Gasteiger partial charge is 0.395 e. The molecule has 2 aliphatic heterocycles. The minimum atomic E-state index is -4.69. The first-order valence-electron chi connectivity index (χ1n) is 13.1. The number of halogens is 6. The minimum Gasteiger partial charge on any atom is -0.488 e. The average Bonchev–Trinajstić information content (AvgIpc) is 3.21. The molecule has 0 spiro atoms. The van der Waals surface area contributed by atoms with Crippen LogP contribution in [0.4, 0.5) is 26.3 Å². The van der Waals surface area contributed by atoms with Crippen LogP contribution in [0.5, 0.6) is 5.75 Å². The zero-order chi connectivity index (χ0) is 27.9. The van der Waals surface area contributed by atoms with Gasteiger partial charge in [-0.25, -0.2) is 8.78 Å². The highest BCUT2D eigenvalue weighted by Gasteiger charge is 2.45. The van der Waals surface area contributed by atoms with E-state index in [1.165, 1.54) is 4.90 Å². The summed E-state index contributed by atoms with van der Waals surface area (Å²) in [6.45, 7) is 1.13. The van der Waals surface area contributed by atoms with E-state index in [1.807, 2.05) is 23.1 Å². The van der Waals surface area contributed by atoms with Crippen molar-refractivity contribution < 1.29 is 36.2 Å². The van der Waals surface area contributed by atoms with Crippen LogP contribution in [0.15, 0.2) is 36.4 Å². The maximum Gasteiger partial charge on any atom is 0.395 e. The molecule has 11 heteroatoms. The van der Waals surface area contributed by atoms with Gasteiger partial charge in [-0.15, -0.1) is 0 Å². The van der Waals surface area contributed by atoms with Gasteiger partial charge in [0.2, 0.25) is 0 Å². The molecule has 0 radical (unpaired) electrons. The normalized spacial score (nSPS) is 21.6. The highest BCUT2D eigenvalue weighted by atomic mass is 19.4. The van der Waals surface area contributed by atoms with E-state index in [-0.39, 0.29) is 17.4 Å². The monoisotopic (exact) mass is 555 g/mol. The fourth-order valence-corrected chi connectivity index (χ4v) is 5.77. The van der Waals surface area contributed by atoms with Gasteiger partial charge in [-0.3, -0.25) is 14.2 Å². The number of nitrogens with zero attached hydrogens (tertiary/aromatic N) is 2. The lowest BCUT2D eigenvalue weighted by atomic mass is 9.87. The lowest BCUT2D eigenvalue weighted by Crippen LogP contribution is -2.53. The highest BCUT2D eigenvalue weighted by Crippen LogP contribution is 2.44. The lowest BCUT2D eigenvalue weighted by Gasteiger charge is -2.43. The van der Waals surface area contributed by atoms with Gasteiger partial charge >= 0.3 is 6.18 Å². The second kappa shape index (κ2) is 11.0. The summed E-state index contributed by atoms with van der Waals surface area (Å²) in [7, 11) is 0. The minimum absolute atomic E-state index is 0.0142. The molecule has 1 aromatic heterocycles. The summed E-state index contributed by atoms with van der Waals surface area (Å²) in [5, 5.41) is 10.4. The first-order chi connectivity index (χ1) is 18.6. The number of nitrogens with one attached hydrogen (secondary N) is 1. The SMILES string of the molecule is C[C@@H]1Cc2c([nH]c3ccccc23)[C@@H](c2c(F)cc(OC3CN(CCCF)C3)cc2F)N1CC(CO)C(F)(F)F. The second-order valence-corrected chi connectivity index (χ2v) is 10.5. The molecular formula is C28H31F6N3O2. The molecule has 212 valence electrons. The Labute approximate surface area is 222 Å². The number of aliphatic hydroxyl groups excluding tert-OH is 1. The van der Waals surface area contributed by atoms with Crippen LogP contribution in [0.25, 0.3) is 10.9 Å². The third-order valence-corrected chi connectivity index (χ3v) is 7.79. The van der Waals surface area contributed by atoms with Gasteiger partial charge in [-0.05, 0) is 31.4 Å². The number of ether oxygens (including phenoxy) is 1. The van der Waals surface area contributed by atoms with Crippen LogP contribution in [0.3, 0.4) is 0 Å². The fraction of sp³-hybridized carbons (Fsp3) is 0.500. The Morgan fingerprint density at radius 2 is 1.82 bits per heavy atom. The second-order valence-electron chi connectivity index (χ2n) is 10.5. The summed E-state index contributed by atoms with van der Waals surface area (Å²) in [4.78, 5) is 6.60. The standard InChI is InChI=1S/C28H31F6N3O2/c1-16-9-21-20-5-2-3-6-24(20)35-26(21)27(37(16)12-17(15-38)28(32,33)34)25-22(30)10-18(11-23(25)31)39-19-13-36(14-19)8-4-7-29/h2-3,5-6,10-11,16-17,19,27,35,38H,4,7-9,12-15H2,1H3/t16-,17?,27-/m1/s1. The molecule has 1 fully saturated rings. The number of aromatic nitrogens is 1. The van der Waals surface area contributed by atoms with Crippen molar-refractivity contribution in [2.24, 2.45) is 5.92 Å². The van der Waals surface area contributed by atoms with E-state index in [0.29, 0.717) is 38.2 Å². The van der Waals surface area contributed by atoms with Crippen LogP contribution >= 0.6 is 0 Å². The van der Waals surface area contributed by atoms with Gasteiger partial charge in [0.05, 0.1) is 25.2 Å². The van der Waals surface area contributed by atoms with Gasteiger partial charge in [-0.2, -0.15) is 13.2 Å². The predicted octanol–water partition coefficient (Wildman–Crippen LogP) is 5.38. The number of rotatable bonds is 9.